The number of hydrogen-bond donors (Lipinski definition) is 1. The standard InChI is InChI=1S/C24H25N5OS/c1-17-9-11-28(12-10-17)22-8-7-19(14-25-22)26-23(30)13-20-16-31-24-27-21(15-29(20)24)18-5-3-2-4-6-18/h2-8,14-17H,9-13H2,1H3,(H,26,30). The van der Waals surface area contributed by atoms with Gasteiger partial charge in [-0.1, -0.05) is 37.3 Å². The Kier molecular flexibility index (Phi) is 5.42. The second-order valence-electron chi connectivity index (χ2n) is 8.17. The molecule has 0 spiro atoms. The zero-order valence-electron chi connectivity index (χ0n) is 17.5. The van der Waals surface area contributed by atoms with Crippen LogP contribution >= 0.6 is 11.3 Å². The molecule has 4 heterocycles. The fraction of sp³-hybridized carbons (Fsp3) is 0.292. The van der Waals surface area contributed by atoms with Gasteiger partial charge in [0.05, 0.1) is 24.0 Å². The summed E-state index contributed by atoms with van der Waals surface area (Å²) in [5.41, 5.74) is 3.64. The first-order valence-electron chi connectivity index (χ1n) is 10.7. The van der Waals surface area contributed by atoms with Crippen molar-refractivity contribution in [2.75, 3.05) is 23.3 Å². The molecular formula is C24H25N5OS. The maximum absolute atomic E-state index is 12.6. The summed E-state index contributed by atoms with van der Waals surface area (Å²) >= 11 is 1.55. The predicted molar refractivity (Wildman–Crippen MR) is 126 cm³/mol. The first kappa shape index (κ1) is 19.8. The Balaban J connectivity index is 1.24. The van der Waals surface area contributed by atoms with E-state index in [4.69, 9.17) is 0 Å². The fourth-order valence-electron chi connectivity index (χ4n) is 3.96. The lowest BCUT2D eigenvalue weighted by Crippen LogP contribution is -2.33. The number of benzene rings is 1. The summed E-state index contributed by atoms with van der Waals surface area (Å²) in [4.78, 5) is 25.1. The van der Waals surface area contributed by atoms with Crippen molar-refractivity contribution in [3.63, 3.8) is 0 Å². The van der Waals surface area contributed by atoms with Crippen molar-refractivity contribution in [3.8, 4) is 11.3 Å². The summed E-state index contributed by atoms with van der Waals surface area (Å²) in [6.45, 7) is 4.39. The van der Waals surface area contributed by atoms with Gasteiger partial charge in [0.15, 0.2) is 4.96 Å². The van der Waals surface area contributed by atoms with E-state index in [1.54, 1.807) is 17.5 Å². The lowest BCUT2D eigenvalue weighted by molar-refractivity contribution is -0.115. The van der Waals surface area contributed by atoms with Gasteiger partial charge in [0.1, 0.15) is 5.82 Å². The minimum atomic E-state index is -0.0593. The number of imidazole rings is 1. The highest BCUT2D eigenvalue weighted by Gasteiger charge is 2.17. The molecule has 3 aromatic heterocycles. The Morgan fingerprint density at radius 1 is 1.16 bits per heavy atom. The normalized spacial score (nSPS) is 14.8. The molecule has 0 atom stereocenters. The van der Waals surface area contributed by atoms with Gasteiger partial charge in [-0.2, -0.15) is 0 Å². The van der Waals surface area contributed by atoms with Crippen LogP contribution in [-0.4, -0.2) is 33.4 Å². The third-order valence-corrected chi connectivity index (χ3v) is 6.72. The highest BCUT2D eigenvalue weighted by molar-refractivity contribution is 7.15. The molecule has 6 nitrogen and oxygen atoms in total. The molecule has 1 saturated heterocycles. The number of hydrogen-bond acceptors (Lipinski definition) is 5. The number of anilines is 2. The SMILES string of the molecule is CC1CCN(c2ccc(NC(=O)Cc3csc4nc(-c5ccccc5)cn34)cn2)CC1. The summed E-state index contributed by atoms with van der Waals surface area (Å²) in [6.07, 6.45) is 6.44. The van der Waals surface area contributed by atoms with E-state index in [0.717, 1.165) is 52.4 Å². The largest absolute Gasteiger partial charge is 0.357 e. The highest BCUT2D eigenvalue weighted by atomic mass is 32.1. The van der Waals surface area contributed by atoms with E-state index in [9.17, 15) is 4.79 Å². The Labute approximate surface area is 185 Å². The average Bonchev–Trinajstić information content (AvgIpc) is 3.38. The highest BCUT2D eigenvalue weighted by Crippen LogP contribution is 2.25. The van der Waals surface area contributed by atoms with Gasteiger partial charge >= 0.3 is 0 Å². The van der Waals surface area contributed by atoms with Gasteiger partial charge < -0.3 is 10.2 Å². The van der Waals surface area contributed by atoms with E-state index in [-0.39, 0.29) is 12.3 Å². The van der Waals surface area contributed by atoms with Gasteiger partial charge in [-0.15, -0.1) is 11.3 Å². The zero-order valence-corrected chi connectivity index (χ0v) is 18.3. The number of rotatable bonds is 5. The lowest BCUT2D eigenvalue weighted by atomic mass is 9.99. The molecule has 0 radical (unpaired) electrons. The van der Waals surface area contributed by atoms with Gasteiger partial charge in [0, 0.05) is 35.9 Å². The number of carbonyl (C=O) groups excluding carboxylic acids is 1. The zero-order chi connectivity index (χ0) is 21.2. The Bertz CT molecular complexity index is 1170. The maximum atomic E-state index is 12.6. The molecule has 4 aromatic rings. The van der Waals surface area contributed by atoms with E-state index < -0.39 is 0 Å². The van der Waals surface area contributed by atoms with Crippen LogP contribution in [0.3, 0.4) is 0 Å². The van der Waals surface area contributed by atoms with E-state index in [1.165, 1.54) is 12.8 Å². The number of carbonyl (C=O) groups is 1. The molecule has 1 aromatic carbocycles. The second kappa shape index (κ2) is 8.51. The average molecular weight is 432 g/mol. The molecule has 0 unspecified atom stereocenters. The monoisotopic (exact) mass is 431 g/mol. The number of nitrogens with zero attached hydrogens (tertiary/aromatic N) is 4. The summed E-state index contributed by atoms with van der Waals surface area (Å²) in [7, 11) is 0. The summed E-state index contributed by atoms with van der Waals surface area (Å²) in [5, 5.41) is 4.97. The van der Waals surface area contributed by atoms with Crippen LogP contribution in [0.4, 0.5) is 11.5 Å². The Hall–Kier alpha value is -3.19. The first-order chi connectivity index (χ1) is 15.2. The third-order valence-electron chi connectivity index (χ3n) is 5.83. The van der Waals surface area contributed by atoms with Gasteiger partial charge in [0.2, 0.25) is 5.91 Å². The van der Waals surface area contributed by atoms with Gasteiger partial charge in [-0.3, -0.25) is 9.20 Å². The van der Waals surface area contributed by atoms with Crippen molar-refractivity contribution in [3.05, 3.63) is 65.9 Å². The topological polar surface area (TPSA) is 62.5 Å². The summed E-state index contributed by atoms with van der Waals surface area (Å²) in [6, 6.07) is 14.0. The fourth-order valence-corrected chi connectivity index (χ4v) is 4.83. The summed E-state index contributed by atoms with van der Waals surface area (Å²) < 4.78 is 2.01. The number of nitrogens with one attached hydrogen (secondary N) is 1. The minimum absolute atomic E-state index is 0.0593. The Morgan fingerprint density at radius 2 is 1.97 bits per heavy atom. The van der Waals surface area contributed by atoms with Gasteiger partial charge in [-0.25, -0.2) is 9.97 Å². The quantitative estimate of drug-likeness (QED) is 0.489. The number of thiazole rings is 1. The molecule has 7 heteroatoms. The van der Waals surface area contributed by atoms with Gasteiger partial charge in [0.25, 0.3) is 0 Å². The number of aromatic nitrogens is 3. The van der Waals surface area contributed by atoms with Crippen LogP contribution in [0.25, 0.3) is 16.2 Å². The van der Waals surface area contributed by atoms with Crippen LogP contribution in [-0.2, 0) is 11.2 Å². The minimum Gasteiger partial charge on any atom is -0.357 e. The van der Waals surface area contributed by atoms with Crippen molar-refractivity contribution in [2.45, 2.75) is 26.2 Å². The van der Waals surface area contributed by atoms with Crippen LogP contribution in [0, 0.1) is 5.92 Å². The van der Waals surface area contributed by atoms with E-state index in [2.05, 4.69) is 27.1 Å². The lowest BCUT2D eigenvalue weighted by Gasteiger charge is -2.31. The molecule has 0 saturated carbocycles. The molecule has 1 amide bonds. The van der Waals surface area contributed by atoms with Crippen LogP contribution in [0.1, 0.15) is 25.5 Å². The molecular weight excluding hydrogens is 406 g/mol. The number of piperidine rings is 1. The number of amides is 1. The van der Waals surface area contributed by atoms with Crippen LogP contribution in [0.5, 0.6) is 0 Å². The molecule has 31 heavy (non-hydrogen) atoms. The van der Waals surface area contributed by atoms with Crippen LogP contribution in [0.2, 0.25) is 0 Å². The first-order valence-corrected chi connectivity index (χ1v) is 11.6. The number of fused-ring (bicyclic) bond motifs is 1. The van der Waals surface area contributed by atoms with E-state index in [0.29, 0.717) is 0 Å². The maximum Gasteiger partial charge on any atom is 0.230 e. The molecule has 1 fully saturated rings. The van der Waals surface area contributed by atoms with Crippen molar-refractivity contribution in [1.82, 2.24) is 14.4 Å². The molecule has 0 bridgehead atoms. The molecule has 5 rings (SSSR count). The van der Waals surface area contributed by atoms with Crippen molar-refractivity contribution >= 4 is 33.7 Å². The molecule has 1 aliphatic heterocycles. The van der Waals surface area contributed by atoms with Gasteiger partial charge in [-0.05, 0) is 30.9 Å². The summed E-state index contributed by atoms with van der Waals surface area (Å²) in [5.74, 6) is 1.71. The molecule has 1 aliphatic rings. The second-order valence-corrected chi connectivity index (χ2v) is 9.01. The third kappa shape index (κ3) is 4.32. The van der Waals surface area contributed by atoms with E-state index >= 15 is 0 Å². The molecule has 0 aliphatic carbocycles. The molecule has 1 N–H and O–H groups in total. The van der Waals surface area contributed by atoms with Crippen molar-refractivity contribution < 1.29 is 4.79 Å². The number of pyridine rings is 1. The van der Waals surface area contributed by atoms with E-state index in [1.807, 2.05) is 58.4 Å². The van der Waals surface area contributed by atoms with Crippen LogP contribution < -0.4 is 10.2 Å². The molecule has 158 valence electrons. The van der Waals surface area contributed by atoms with Crippen LogP contribution in [0.15, 0.2) is 60.2 Å². The smallest absolute Gasteiger partial charge is 0.230 e. The predicted octanol–water partition coefficient (Wildman–Crippen LogP) is 4.88. The van der Waals surface area contributed by atoms with Crippen molar-refractivity contribution in [2.24, 2.45) is 5.92 Å². The Morgan fingerprint density at radius 3 is 2.71 bits per heavy atom. The van der Waals surface area contributed by atoms with Crippen molar-refractivity contribution in [1.29, 1.82) is 0 Å².